The first kappa shape index (κ1) is 18.5. The topological polar surface area (TPSA) is 115 Å². The normalized spacial score (nSPS) is 13.3. The van der Waals surface area contributed by atoms with Crippen LogP contribution in [0.1, 0.15) is 37.7 Å². The maximum atomic E-state index is 12.4. The molecule has 27 heavy (non-hydrogen) atoms. The minimum Gasteiger partial charge on any atom is -0.507 e. The molecule has 0 bridgehead atoms. The molecule has 0 spiro atoms. The summed E-state index contributed by atoms with van der Waals surface area (Å²) >= 11 is 0. The number of phenols is 1. The number of imidazole rings is 1. The SMILES string of the molecule is [B]c1ccc(O)c(/C=c2\[nH]c(=O)/c(=C/c3nc[nH]c3C(C)(C)C)[nH]c2=O)c1. The molecule has 0 saturated carbocycles. The van der Waals surface area contributed by atoms with Crippen LogP contribution in [0, 0.1) is 0 Å². The lowest BCUT2D eigenvalue weighted by Gasteiger charge is -2.16. The summed E-state index contributed by atoms with van der Waals surface area (Å²) in [5.74, 6) is -0.0496. The van der Waals surface area contributed by atoms with Gasteiger partial charge in [0.25, 0.3) is 11.1 Å². The van der Waals surface area contributed by atoms with E-state index in [0.717, 1.165) is 5.69 Å². The fourth-order valence-electron chi connectivity index (χ4n) is 2.69. The Labute approximate surface area is 155 Å². The summed E-state index contributed by atoms with van der Waals surface area (Å²) in [7, 11) is 5.69. The summed E-state index contributed by atoms with van der Waals surface area (Å²) in [6.45, 7) is 6.04. The van der Waals surface area contributed by atoms with Crippen LogP contribution < -0.4 is 27.3 Å². The lowest BCUT2D eigenvalue weighted by Crippen LogP contribution is -2.46. The number of phenolic OH excluding ortho intramolecular Hbond substituents is 1. The quantitative estimate of drug-likeness (QED) is 0.449. The fraction of sp³-hybridized carbons (Fsp3) is 0.211. The first-order valence-electron chi connectivity index (χ1n) is 8.33. The number of aromatic hydroxyl groups is 1. The number of aromatic nitrogens is 4. The van der Waals surface area contributed by atoms with Crippen LogP contribution in [0.15, 0.2) is 34.1 Å². The van der Waals surface area contributed by atoms with Crippen molar-refractivity contribution < 1.29 is 5.11 Å². The van der Waals surface area contributed by atoms with Gasteiger partial charge in [-0.1, -0.05) is 38.4 Å². The zero-order valence-corrected chi connectivity index (χ0v) is 15.3. The van der Waals surface area contributed by atoms with Crippen LogP contribution >= 0.6 is 0 Å². The van der Waals surface area contributed by atoms with E-state index in [1.54, 1.807) is 6.33 Å². The van der Waals surface area contributed by atoms with E-state index in [1.807, 2.05) is 20.8 Å². The van der Waals surface area contributed by atoms with Crippen LogP contribution in [-0.4, -0.2) is 32.9 Å². The molecule has 0 atom stereocenters. The Morgan fingerprint density at radius 1 is 1.07 bits per heavy atom. The number of benzene rings is 1. The van der Waals surface area contributed by atoms with Gasteiger partial charge in [-0.25, -0.2) is 4.98 Å². The third-order valence-corrected chi connectivity index (χ3v) is 4.04. The van der Waals surface area contributed by atoms with E-state index < -0.39 is 11.1 Å². The van der Waals surface area contributed by atoms with Crippen molar-refractivity contribution in [2.24, 2.45) is 0 Å². The molecule has 2 radical (unpaired) electrons. The average molecular weight is 362 g/mol. The molecule has 4 N–H and O–H groups in total. The number of aromatic amines is 3. The van der Waals surface area contributed by atoms with Crippen LogP contribution in [0.3, 0.4) is 0 Å². The Kier molecular flexibility index (Phi) is 4.65. The predicted molar refractivity (Wildman–Crippen MR) is 105 cm³/mol. The van der Waals surface area contributed by atoms with Crippen LogP contribution in [0.5, 0.6) is 5.75 Å². The van der Waals surface area contributed by atoms with Crippen LogP contribution in [-0.2, 0) is 5.41 Å². The summed E-state index contributed by atoms with van der Waals surface area (Å²) in [6.07, 6.45) is 4.44. The van der Waals surface area contributed by atoms with Gasteiger partial charge in [-0.05, 0) is 18.2 Å². The lowest BCUT2D eigenvalue weighted by molar-refractivity contribution is 0.474. The van der Waals surface area contributed by atoms with Crippen molar-refractivity contribution in [2.45, 2.75) is 26.2 Å². The van der Waals surface area contributed by atoms with E-state index in [2.05, 4.69) is 19.9 Å². The van der Waals surface area contributed by atoms with Crippen molar-refractivity contribution in [3.63, 3.8) is 0 Å². The van der Waals surface area contributed by atoms with Crippen LogP contribution in [0.25, 0.3) is 12.2 Å². The highest BCUT2D eigenvalue weighted by Crippen LogP contribution is 2.22. The van der Waals surface area contributed by atoms with Gasteiger partial charge in [-0.3, -0.25) is 9.59 Å². The Morgan fingerprint density at radius 3 is 2.33 bits per heavy atom. The number of rotatable bonds is 2. The average Bonchev–Trinajstić information content (AvgIpc) is 3.04. The molecule has 1 aromatic carbocycles. The summed E-state index contributed by atoms with van der Waals surface area (Å²) < 4.78 is 0. The minimum atomic E-state index is -0.504. The van der Waals surface area contributed by atoms with Crippen LogP contribution in [0.4, 0.5) is 0 Å². The number of nitrogens with zero attached hydrogens (tertiary/aromatic N) is 1. The number of hydrogen-bond donors (Lipinski definition) is 4. The summed E-state index contributed by atoms with van der Waals surface area (Å²) in [6, 6.07) is 4.46. The molecule has 0 amide bonds. The van der Waals surface area contributed by atoms with E-state index >= 15 is 0 Å². The smallest absolute Gasteiger partial charge is 0.272 e. The first-order chi connectivity index (χ1) is 12.6. The first-order valence-corrected chi connectivity index (χ1v) is 8.33. The molecule has 3 aromatic rings. The van der Waals surface area contributed by atoms with Gasteiger partial charge in [-0.2, -0.15) is 0 Å². The Morgan fingerprint density at radius 2 is 1.70 bits per heavy atom. The van der Waals surface area contributed by atoms with Crippen molar-refractivity contribution in [3.05, 3.63) is 72.9 Å². The second-order valence-electron chi connectivity index (χ2n) is 7.26. The predicted octanol–water partition coefficient (Wildman–Crippen LogP) is -0.759. The number of hydrogen-bond acceptors (Lipinski definition) is 4. The molecule has 0 unspecified atom stereocenters. The Hall–Kier alpha value is -3.29. The van der Waals surface area contributed by atoms with Crippen molar-refractivity contribution in [2.75, 3.05) is 0 Å². The second-order valence-corrected chi connectivity index (χ2v) is 7.26. The molecule has 3 rings (SSSR count). The minimum absolute atomic E-state index is 0.0103. The molecule has 2 aromatic heterocycles. The number of nitrogens with one attached hydrogen (secondary N) is 3. The summed E-state index contributed by atoms with van der Waals surface area (Å²) in [5, 5.41) is 9.98. The highest BCUT2D eigenvalue weighted by atomic mass is 16.3. The van der Waals surface area contributed by atoms with E-state index in [4.69, 9.17) is 7.85 Å². The lowest BCUT2D eigenvalue weighted by atomic mass is 9.90. The van der Waals surface area contributed by atoms with Gasteiger partial charge < -0.3 is 20.1 Å². The molecular formula is C19H19BN4O3. The number of H-pyrrole nitrogens is 3. The van der Waals surface area contributed by atoms with Gasteiger partial charge in [0, 0.05) is 16.7 Å². The molecule has 0 fully saturated rings. The van der Waals surface area contributed by atoms with E-state index in [1.165, 1.54) is 30.4 Å². The third-order valence-electron chi connectivity index (χ3n) is 4.04. The van der Waals surface area contributed by atoms with E-state index in [0.29, 0.717) is 16.7 Å². The largest absolute Gasteiger partial charge is 0.507 e. The van der Waals surface area contributed by atoms with Gasteiger partial charge in [0.2, 0.25) is 0 Å². The molecular weight excluding hydrogens is 343 g/mol. The molecule has 2 heterocycles. The fourth-order valence-corrected chi connectivity index (χ4v) is 2.69. The maximum absolute atomic E-state index is 12.4. The van der Waals surface area contributed by atoms with Crippen molar-refractivity contribution in [1.82, 2.24) is 19.9 Å². The zero-order valence-electron chi connectivity index (χ0n) is 15.3. The molecule has 0 saturated heterocycles. The van der Waals surface area contributed by atoms with Gasteiger partial charge in [0.05, 0.1) is 12.0 Å². The molecule has 136 valence electrons. The van der Waals surface area contributed by atoms with E-state index in [9.17, 15) is 14.7 Å². The summed E-state index contributed by atoms with van der Waals surface area (Å²) in [5.41, 5.74) is 0.999. The molecule has 7 nitrogen and oxygen atoms in total. The van der Waals surface area contributed by atoms with Gasteiger partial charge >= 0.3 is 0 Å². The second kappa shape index (κ2) is 6.79. The van der Waals surface area contributed by atoms with Crippen molar-refractivity contribution >= 4 is 25.5 Å². The van der Waals surface area contributed by atoms with E-state index in [-0.39, 0.29) is 21.9 Å². The standard InChI is InChI=1S/C19H19BN4O3/c1-19(2,3)16-12(21-9-22-16)8-14-18(27)23-13(17(26)24-14)7-10-6-11(20)4-5-15(10)25/h4-9,25H,1-3H3,(H,21,22)(H,23,27)(H,24,26)/b13-7-,14-8-. The van der Waals surface area contributed by atoms with Gasteiger partial charge in [0.1, 0.15) is 24.3 Å². The van der Waals surface area contributed by atoms with Crippen molar-refractivity contribution in [1.29, 1.82) is 0 Å². The molecule has 0 aliphatic carbocycles. The van der Waals surface area contributed by atoms with Gasteiger partial charge in [0.15, 0.2) is 0 Å². The van der Waals surface area contributed by atoms with Crippen molar-refractivity contribution in [3.8, 4) is 5.75 Å². The third kappa shape index (κ3) is 3.94. The Bertz CT molecular complexity index is 1230. The highest BCUT2D eigenvalue weighted by Gasteiger charge is 2.19. The molecule has 8 heteroatoms. The maximum Gasteiger partial charge on any atom is 0.272 e. The highest BCUT2D eigenvalue weighted by molar-refractivity contribution is 6.32. The molecule has 0 aliphatic heterocycles. The Balaban J connectivity index is 2.16. The zero-order chi connectivity index (χ0) is 19.8. The van der Waals surface area contributed by atoms with Gasteiger partial charge in [-0.15, -0.1) is 0 Å². The summed E-state index contributed by atoms with van der Waals surface area (Å²) in [4.78, 5) is 37.2. The molecule has 0 aliphatic rings. The monoisotopic (exact) mass is 362 g/mol. The van der Waals surface area contributed by atoms with Crippen LogP contribution in [0.2, 0.25) is 0 Å².